The smallest absolute Gasteiger partial charge is 0.418 e. The Morgan fingerprint density at radius 2 is 2.17 bits per heavy atom. The van der Waals surface area contributed by atoms with Crippen LogP contribution in [0, 0.1) is 0 Å². The van der Waals surface area contributed by atoms with Crippen molar-refractivity contribution in [2.75, 3.05) is 13.0 Å². The fourth-order valence-corrected chi connectivity index (χ4v) is 2.06. The van der Waals surface area contributed by atoms with Crippen LogP contribution in [0.15, 0.2) is 42.5 Å². The van der Waals surface area contributed by atoms with E-state index in [-0.39, 0.29) is 6.09 Å². The Hall–Kier alpha value is -1.74. The molecular formula is C14H14ClNO2. The lowest BCUT2D eigenvalue weighted by Gasteiger charge is -2.06. The molecule has 0 amide bonds. The second kappa shape index (κ2) is 5.74. The van der Waals surface area contributed by atoms with Gasteiger partial charge in [0, 0.05) is 23.4 Å². The van der Waals surface area contributed by atoms with Crippen LogP contribution >= 0.6 is 11.6 Å². The molecule has 0 aliphatic heterocycles. The topological polar surface area (TPSA) is 31.2 Å². The summed E-state index contributed by atoms with van der Waals surface area (Å²) < 4.78 is 6.41. The van der Waals surface area contributed by atoms with Crippen LogP contribution in [0.25, 0.3) is 10.9 Å². The highest BCUT2D eigenvalue weighted by Gasteiger charge is 2.13. The third-order valence-electron chi connectivity index (χ3n) is 2.73. The van der Waals surface area contributed by atoms with E-state index < -0.39 is 0 Å². The van der Waals surface area contributed by atoms with E-state index in [9.17, 15) is 4.79 Å². The van der Waals surface area contributed by atoms with E-state index in [1.807, 2.05) is 42.5 Å². The molecule has 0 saturated carbocycles. The number of benzene rings is 1. The third kappa shape index (κ3) is 2.41. The summed E-state index contributed by atoms with van der Waals surface area (Å²) in [5.74, 6) is 0.471. The van der Waals surface area contributed by atoms with Crippen molar-refractivity contribution in [2.45, 2.75) is 6.42 Å². The molecule has 3 nitrogen and oxygen atoms in total. The van der Waals surface area contributed by atoms with Crippen LogP contribution in [0.4, 0.5) is 4.79 Å². The molecule has 0 saturated heterocycles. The Kier molecular flexibility index (Phi) is 4.05. The van der Waals surface area contributed by atoms with Crippen LogP contribution < -0.4 is 0 Å². The van der Waals surface area contributed by atoms with Gasteiger partial charge in [-0.05, 0) is 12.1 Å². The van der Waals surface area contributed by atoms with Gasteiger partial charge in [0.05, 0.1) is 12.6 Å². The van der Waals surface area contributed by atoms with Crippen molar-refractivity contribution in [1.82, 2.24) is 4.57 Å². The molecule has 1 aromatic heterocycles. The Morgan fingerprint density at radius 1 is 1.39 bits per heavy atom. The molecule has 0 radical (unpaired) electrons. The first kappa shape index (κ1) is 12.7. The number of allylic oxidation sites excluding steroid dienone is 2. The standard InChI is InChI=1S/C14H14ClNO2/c1-18-14(17)16-12(7-4-5-9-15)10-11-6-2-3-8-13(11)16/h2-6,8,10H,7,9H2,1H3/b5-4-. The van der Waals surface area contributed by atoms with E-state index >= 15 is 0 Å². The minimum Gasteiger partial charge on any atom is -0.452 e. The van der Waals surface area contributed by atoms with Gasteiger partial charge in [-0.25, -0.2) is 9.36 Å². The zero-order valence-electron chi connectivity index (χ0n) is 10.1. The van der Waals surface area contributed by atoms with Crippen molar-refractivity contribution in [3.8, 4) is 0 Å². The number of halogens is 1. The Balaban J connectivity index is 2.50. The summed E-state index contributed by atoms with van der Waals surface area (Å²) in [5.41, 5.74) is 1.75. The predicted octanol–water partition coefficient (Wildman–Crippen LogP) is 3.59. The first-order chi connectivity index (χ1) is 8.77. The zero-order valence-corrected chi connectivity index (χ0v) is 10.9. The van der Waals surface area contributed by atoms with E-state index in [0.717, 1.165) is 16.6 Å². The fourth-order valence-electron chi connectivity index (χ4n) is 1.94. The normalized spacial score (nSPS) is 11.2. The summed E-state index contributed by atoms with van der Waals surface area (Å²) in [7, 11) is 1.38. The largest absolute Gasteiger partial charge is 0.452 e. The number of carbonyl (C=O) groups is 1. The summed E-state index contributed by atoms with van der Waals surface area (Å²) >= 11 is 5.59. The lowest BCUT2D eigenvalue weighted by atomic mass is 10.2. The SMILES string of the molecule is COC(=O)n1c(C/C=C\CCl)cc2ccccc21. The Labute approximate surface area is 111 Å². The number of methoxy groups -OCH3 is 1. The highest BCUT2D eigenvalue weighted by Crippen LogP contribution is 2.20. The molecule has 2 aromatic rings. The number of carbonyl (C=O) groups excluding carboxylic acids is 1. The van der Waals surface area contributed by atoms with E-state index in [1.165, 1.54) is 7.11 Å². The summed E-state index contributed by atoms with van der Waals surface area (Å²) in [5, 5.41) is 1.03. The molecule has 4 heteroatoms. The molecule has 1 heterocycles. The van der Waals surface area contributed by atoms with Crippen molar-refractivity contribution >= 4 is 28.6 Å². The highest BCUT2D eigenvalue weighted by molar-refractivity contribution is 6.18. The number of rotatable bonds is 3. The van der Waals surface area contributed by atoms with Crippen molar-refractivity contribution in [2.24, 2.45) is 0 Å². The lowest BCUT2D eigenvalue weighted by molar-refractivity contribution is 0.173. The van der Waals surface area contributed by atoms with Crippen molar-refractivity contribution < 1.29 is 9.53 Å². The molecule has 0 spiro atoms. The maximum Gasteiger partial charge on any atom is 0.418 e. The third-order valence-corrected chi connectivity index (χ3v) is 2.91. The number of hydrogen-bond acceptors (Lipinski definition) is 2. The summed E-state index contributed by atoms with van der Waals surface area (Å²) in [6.07, 6.45) is 4.09. The van der Waals surface area contributed by atoms with E-state index in [4.69, 9.17) is 16.3 Å². The molecule has 0 aliphatic carbocycles. The molecule has 1 aromatic carbocycles. The highest BCUT2D eigenvalue weighted by atomic mass is 35.5. The first-order valence-electron chi connectivity index (χ1n) is 5.66. The monoisotopic (exact) mass is 263 g/mol. The summed E-state index contributed by atoms with van der Waals surface area (Å²) in [6, 6.07) is 9.72. The number of nitrogens with zero attached hydrogens (tertiary/aromatic N) is 1. The molecular weight excluding hydrogens is 250 g/mol. The Bertz CT molecular complexity index is 586. The fraction of sp³-hybridized carbons (Fsp3) is 0.214. The van der Waals surface area contributed by atoms with Gasteiger partial charge in [-0.2, -0.15) is 0 Å². The van der Waals surface area contributed by atoms with Gasteiger partial charge >= 0.3 is 6.09 Å². The number of fused-ring (bicyclic) bond motifs is 1. The van der Waals surface area contributed by atoms with Gasteiger partial charge in [0.15, 0.2) is 0 Å². The van der Waals surface area contributed by atoms with E-state index in [2.05, 4.69) is 0 Å². The second-order valence-corrected chi connectivity index (χ2v) is 4.14. The van der Waals surface area contributed by atoms with Crippen LogP contribution in [0.1, 0.15) is 5.69 Å². The molecule has 0 atom stereocenters. The average Bonchev–Trinajstić information content (AvgIpc) is 2.76. The van der Waals surface area contributed by atoms with Gasteiger partial charge in [0.1, 0.15) is 0 Å². The van der Waals surface area contributed by atoms with Crippen LogP contribution in [0.5, 0.6) is 0 Å². The Morgan fingerprint density at radius 3 is 2.89 bits per heavy atom. The van der Waals surface area contributed by atoms with Crippen LogP contribution in [0.3, 0.4) is 0 Å². The van der Waals surface area contributed by atoms with Gasteiger partial charge in [-0.1, -0.05) is 30.4 Å². The predicted molar refractivity (Wildman–Crippen MR) is 73.3 cm³/mol. The number of ether oxygens (including phenoxy) is 1. The van der Waals surface area contributed by atoms with Crippen LogP contribution in [-0.2, 0) is 11.2 Å². The molecule has 0 N–H and O–H groups in total. The van der Waals surface area contributed by atoms with E-state index in [1.54, 1.807) is 4.57 Å². The van der Waals surface area contributed by atoms with Crippen molar-refractivity contribution in [3.63, 3.8) is 0 Å². The summed E-state index contributed by atoms with van der Waals surface area (Å²) in [4.78, 5) is 11.8. The number of hydrogen-bond donors (Lipinski definition) is 0. The van der Waals surface area contributed by atoms with Gasteiger partial charge in [0.25, 0.3) is 0 Å². The van der Waals surface area contributed by atoms with Gasteiger partial charge < -0.3 is 4.74 Å². The molecule has 2 rings (SSSR count). The van der Waals surface area contributed by atoms with E-state index in [0.29, 0.717) is 12.3 Å². The van der Waals surface area contributed by atoms with Crippen LogP contribution in [-0.4, -0.2) is 23.7 Å². The number of alkyl halides is 1. The molecule has 0 bridgehead atoms. The van der Waals surface area contributed by atoms with Crippen molar-refractivity contribution in [3.05, 3.63) is 48.2 Å². The minimum atomic E-state index is -0.370. The maximum atomic E-state index is 11.8. The molecule has 0 aliphatic rings. The molecule has 0 unspecified atom stereocenters. The second-order valence-electron chi connectivity index (χ2n) is 3.83. The first-order valence-corrected chi connectivity index (χ1v) is 6.20. The summed E-state index contributed by atoms with van der Waals surface area (Å²) in [6.45, 7) is 0. The molecule has 94 valence electrons. The maximum absolute atomic E-state index is 11.8. The number of aromatic nitrogens is 1. The quantitative estimate of drug-likeness (QED) is 0.626. The van der Waals surface area contributed by atoms with Gasteiger partial charge in [-0.15, -0.1) is 11.6 Å². The zero-order chi connectivity index (χ0) is 13.0. The van der Waals surface area contributed by atoms with Gasteiger partial charge in [-0.3, -0.25) is 0 Å². The molecule has 0 fully saturated rings. The molecule has 18 heavy (non-hydrogen) atoms. The average molecular weight is 264 g/mol. The van der Waals surface area contributed by atoms with Gasteiger partial charge in [0.2, 0.25) is 0 Å². The minimum absolute atomic E-state index is 0.370. The lowest BCUT2D eigenvalue weighted by Crippen LogP contribution is -2.13. The number of para-hydroxylation sites is 1. The van der Waals surface area contributed by atoms with Crippen LogP contribution in [0.2, 0.25) is 0 Å². The van der Waals surface area contributed by atoms with Crippen molar-refractivity contribution in [1.29, 1.82) is 0 Å².